The largest absolute Gasteiger partial charge is 0.482 e. The number of carbonyl (C=O) groups is 3. The normalized spacial score (nSPS) is 22.2. The van der Waals surface area contributed by atoms with Crippen molar-refractivity contribution in [3.63, 3.8) is 0 Å². The fourth-order valence-corrected chi connectivity index (χ4v) is 4.30. The number of anilines is 1. The lowest BCUT2D eigenvalue weighted by atomic mass is 9.77. The minimum atomic E-state index is -1.13. The van der Waals surface area contributed by atoms with Crippen LogP contribution in [0.1, 0.15) is 59.8 Å². The first kappa shape index (κ1) is 22.9. The lowest BCUT2D eigenvalue weighted by Gasteiger charge is -2.42. The van der Waals surface area contributed by atoms with E-state index in [1.807, 2.05) is 45.9 Å². The van der Waals surface area contributed by atoms with Gasteiger partial charge in [-0.3, -0.25) is 9.59 Å². The molecule has 31 heavy (non-hydrogen) atoms. The summed E-state index contributed by atoms with van der Waals surface area (Å²) in [5.74, 6) is -0.654. The van der Waals surface area contributed by atoms with E-state index in [1.165, 1.54) is 0 Å². The zero-order valence-electron chi connectivity index (χ0n) is 18.7. The lowest BCUT2D eigenvalue weighted by molar-refractivity contribution is -0.141. The maximum Gasteiger partial charge on any atom is 0.405 e. The maximum absolute atomic E-state index is 13.3. The van der Waals surface area contributed by atoms with Gasteiger partial charge in [-0.05, 0) is 43.2 Å². The first-order chi connectivity index (χ1) is 14.5. The number of ether oxygens (including phenoxy) is 2. The molecule has 3 amide bonds. The molecule has 0 aromatic heterocycles. The first-order valence-electron chi connectivity index (χ1n) is 10.9. The number of nitrogens with two attached hydrogens (primary N) is 1. The quantitative estimate of drug-likeness (QED) is 0.675. The number of rotatable bonds is 4. The van der Waals surface area contributed by atoms with E-state index in [1.54, 1.807) is 6.07 Å². The Kier molecular flexibility index (Phi) is 6.48. The molecule has 0 bridgehead atoms. The minimum Gasteiger partial charge on any atom is -0.482 e. The Bertz CT molecular complexity index is 842. The summed E-state index contributed by atoms with van der Waals surface area (Å²) in [6.45, 7) is 7.66. The van der Waals surface area contributed by atoms with E-state index in [9.17, 15) is 14.4 Å². The second kappa shape index (κ2) is 8.77. The number of nitrogens with one attached hydrogen (secondary N) is 2. The molecular formula is C23H33N3O5. The summed E-state index contributed by atoms with van der Waals surface area (Å²) >= 11 is 0. The third-order valence-electron chi connectivity index (χ3n) is 6.55. The molecule has 0 saturated heterocycles. The van der Waals surface area contributed by atoms with E-state index >= 15 is 0 Å². The van der Waals surface area contributed by atoms with Crippen molar-refractivity contribution in [2.45, 2.75) is 77.5 Å². The molecule has 3 atom stereocenters. The highest BCUT2D eigenvalue weighted by molar-refractivity contribution is 6.00. The number of para-hydroxylation sites is 2. The summed E-state index contributed by atoms with van der Waals surface area (Å²) in [5, 5.41) is 5.73. The highest BCUT2D eigenvalue weighted by atomic mass is 16.6. The van der Waals surface area contributed by atoms with E-state index in [0.29, 0.717) is 24.3 Å². The molecule has 1 aliphatic heterocycles. The number of benzene rings is 1. The van der Waals surface area contributed by atoms with E-state index in [4.69, 9.17) is 15.2 Å². The second-order valence-electron chi connectivity index (χ2n) is 9.67. The molecule has 1 heterocycles. The monoisotopic (exact) mass is 431 g/mol. The highest BCUT2D eigenvalue weighted by Gasteiger charge is 2.50. The summed E-state index contributed by atoms with van der Waals surface area (Å²) in [6.07, 6.45) is 1.94. The summed E-state index contributed by atoms with van der Waals surface area (Å²) in [6, 6.07) is 6.32. The van der Waals surface area contributed by atoms with Crippen molar-refractivity contribution in [3.05, 3.63) is 24.3 Å². The average molecular weight is 432 g/mol. The first-order valence-corrected chi connectivity index (χ1v) is 10.9. The number of hydrogen-bond acceptors (Lipinski definition) is 5. The van der Waals surface area contributed by atoms with Crippen LogP contribution in [0.4, 0.5) is 10.5 Å². The fourth-order valence-electron chi connectivity index (χ4n) is 4.30. The van der Waals surface area contributed by atoms with Crippen molar-refractivity contribution < 1.29 is 23.9 Å². The van der Waals surface area contributed by atoms with E-state index < -0.39 is 29.7 Å². The molecule has 2 unspecified atom stereocenters. The molecule has 3 rings (SSSR count). The van der Waals surface area contributed by atoms with Crippen molar-refractivity contribution in [1.82, 2.24) is 5.32 Å². The van der Waals surface area contributed by atoms with E-state index in [0.717, 1.165) is 19.3 Å². The van der Waals surface area contributed by atoms with Gasteiger partial charge in [-0.25, -0.2) is 4.79 Å². The Morgan fingerprint density at radius 1 is 1.23 bits per heavy atom. The van der Waals surface area contributed by atoms with Gasteiger partial charge in [-0.1, -0.05) is 46.2 Å². The van der Waals surface area contributed by atoms with Gasteiger partial charge < -0.3 is 25.8 Å². The van der Waals surface area contributed by atoms with Crippen molar-refractivity contribution in [2.24, 2.45) is 17.1 Å². The summed E-state index contributed by atoms with van der Waals surface area (Å²) in [7, 11) is 0. The van der Waals surface area contributed by atoms with Crippen LogP contribution in [-0.2, 0) is 14.3 Å². The van der Waals surface area contributed by atoms with E-state index in [2.05, 4.69) is 10.6 Å². The molecule has 1 spiro atoms. The zero-order valence-corrected chi connectivity index (χ0v) is 18.7. The standard InChI is InChI=1S/C23H33N3O5/c1-14(22(2,3)4)17(30-21(24)29)19(27)26-18-20(28)25-15-10-6-7-11-16(15)31-23(18)12-8-5-9-13-23/h6-7,10-11,14,17-18H,5,8-9,12-13H2,1-4H3,(H2,24,29)(H,25,28)(H,26,27)/t14?,17-,18?/m0/s1. The maximum atomic E-state index is 13.3. The van der Waals surface area contributed by atoms with Crippen LogP contribution in [0.5, 0.6) is 5.75 Å². The van der Waals surface area contributed by atoms with Crippen molar-refractivity contribution in [2.75, 3.05) is 5.32 Å². The van der Waals surface area contributed by atoms with Gasteiger partial charge >= 0.3 is 6.09 Å². The molecule has 8 nitrogen and oxygen atoms in total. The van der Waals surface area contributed by atoms with Crippen LogP contribution in [0, 0.1) is 11.3 Å². The minimum absolute atomic E-state index is 0.335. The molecule has 170 valence electrons. The number of primary amides is 1. The SMILES string of the molecule is CC([C@H](OC(N)=O)C(=O)NC1C(=O)Nc2ccccc2OC12CCCCC2)C(C)(C)C. The Morgan fingerprint density at radius 2 is 1.87 bits per heavy atom. The van der Waals surface area contributed by atoms with E-state index in [-0.39, 0.29) is 17.2 Å². The van der Waals surface area contributed by atoms with Gasteiger partial charge in [0.15, 0.2) is 6.10 Å². The van der Waals surface area contributed by atoms with Crippen LogP contribution < -0.4 is 21.1 Å². The molecule has 0 radical (unpaired) electrons. The van der Waals surface area contributed by atoms with Crippen LogP contribution in [-0.4, -0.2) is 35.7 Å². The number of carbonyl (C=O) groups excluding carboxylic acids is 3. The number of amides is 3. The van der Waals surface area contributed by atoms with Gasteiger partial charge in [0.2, 0.25) is 0 Å². The fraction of sp³-hybridized carbons (Fsp3) is 0.609. The molecule has 1 aliphatic carbocycles. The van der Waals surface area contributed by atoms with Crippen molar-refractivity contribution in [1.29, 1.82) is 0 Å². The third kappa shape index (κ3) is 4.94. The van der Waals surface area contributed by atoms with Crippen LogP contribution in [0.25, 0.3) is 0 Å². The summed E-state index contributed by atoms with van der Waals surface area (Å²) in [4.78, 5) is 38.1. The smallest absolute Gasteiger partial charge is 0.405 e. The predicted octanol–water partition coefficient (Wildman–Crippen LogP) is 3.35. The molecule has 1 fully saturated rings. The molecule has 8 heteroatoms. The molecule has 1 saturated carbocycles. The van der Waals surface area contributed by atoms with Crippen LogP contribution >= 0.6 is 0 Å². The van der Waals surface area contributed by atoms with Gasteiger partial charge in [-0.15, -0.1) is 0 Å². The van der Waals surface area contributed by atoms with Gasteiger partial charge in [0.05, 0.1) is 5.69 Å². The topological polar surface area (TPSA) is 120 Å². The Hall–Kier alpha value is -2.77. The molecule has 1 aromatic carbocycles. The summed E-state index contributed by atoms with van der Waals surface area (Å²) < 4.78 is 11.6. The Labute approximate surface area is 183 Å². The Morgan fingerprint density at radius 3 is 2.48 bits per heavy atom. The van der Waals surface area contributed by atoms with Crippen LogP contribution in [0.3, 0.4) is 0 Å². The number of fused-ring (bicyclic) bond motifs is 1. The Balaban J connectivity index is 1.93. The third-order valence-corrected chi connectivity index (χ3v) is 6.55. The molecule has 1 aromatic rings. The molecular weight excluding hydrogens is 398 g/mol. The van der Waals surface area contributed by atoms with Gasteiger partial charge in [0.25, 0.3) is 11.8 Å². The predicted molar refractivity (Wildman–Crippen MR) is 117 cm³/mol. The van der Waals surface area contributed by atoms with Crippen molar-refractivity contribution in [3.8, 4) is 5.75 Å². The average Bonchev–Trinajstić information content (AvgIpc) is 2.80. The second-order valence-corrected chi connectivity index (χ2v) is 9.67. The molecule has 4 N–H and O–H groups in total. The van der Waals surface area contributed by atoms with Gasteiger partial charge in [0, 0.05) is 5.92 Å². The van der Waals surface area contributed by atoms with Gasteiger partial charge in [0.1, 0.15) is 17.4 Å². The lowest BCUT2D eigenvalue weighted by Crippen LogP contribution is -2.63. The van der Waals surface area contributed by atoms with Crippen LogP contribution in [0.15, 0.2) is 24.3 Å². The van der Waals surface area contributed by atoms with Crippen molar-refractivity contribution >= 4 is 23.6 Å². The summed E-state index contributed by atoms with van der Waals surface area (Å²) in [5.41, 5.74) is 4.61. The zero-order chi connectivity index (χ0) is 22.8. The highest BCUT2D eigenvalue weighted by Crippen LogP contribution is 2.41. The molecule has 2 aliphatic rings. The number of hydrogen-bond donors (Lipinski definition) is 3. The van der Waals surface area contributed by atoms with Gasteiger partial charge in [-0.2, -0.15) is 0 Å². The van der Waals surface area contributed by atoms with Crippen LogP contribution in [0.2, 0.25) is 0 Å².